The monoisotopic (exact) mass is 587 g/mol. The average molecular weight is 589 g/mol. The van der Waals surface area contributed by atoms with Gasteiger partial charge in [-0.1, -0.05) is 35.3 Å². The zero-order chi connectivity index (χ0) is 26.3. The number of carbonyl (C=O) groups is 1. The van der Waals surface area contributed by atoms with Crippen LogP contribution in [-0.2, 0) is 21.4 Å². The highest BCUT2D eigenvalue weighted by Gasteiger charge is 2.45. The van der Waals surface area contributed by atoms with Crippen molar-refractivity contribution >= 4 is 62.5 Å². The fraction of sp³-hybridized carbons (Fsp3) is 0.360. The van der Waals surface area contributed by atoms with E-state index in [1.165, 1.54) is 12.1 Å². The van der Waals surface area contributed by atoms with Gasteiger partial charge < -0.3 is 14.7 Å². The molecule has 12 heteroatoms. The number of nitrogens with zero attached hydrogens (tertiary/aromatic N) is 2. The quantitative estimate of drug-likeness (QED) is 0.400. The maximum atomic E-state index is 13.3. The molecule has 0 unspecified atom stereocenters. The van der Waals surface area contributed by atoms with Gasteiger partial charge in [0.1, 0.15) is 28.3 Å². The first-order valence-corrected chi connectivity index (χ1v) is 13.6. The van der Waals surface area contributed by atoms with Crippen LogP contribution < -0.4 is 9.46 Å². The van der Waals surface area contributed by atoms with E-state index in [1.54, 1.807) is 6.07 Å². The first-order chi connectivity index (χ1) is 16.9. The van der Waals surface area contributed by atoms with Gasteiger partial charge in [0.05, 0.1) is 5.02 Å². The van der Waals surface area contributed by atoms with Gasteiger partial charge in [-0.25, -0.2) is 13.4 Å². The molecule has 0 spiro atoms. The topological polar surface area (TPSA) is 109 Å². The number of hydrogen-bond donors (Lipinski definition) is 2. The molecule has 3 aromatic rings. The SMILES string of the molecule is Cc1cc(C)c2cccc(OCc3c(Cl)ccc(S(=O)(=O)NC4(C(=O)O)CCN(C)CC4)c3Cl)c2n1.Cl. The molecule has 1 fully saturated rings. The highest BCUT2D eigenvalue weighted by Crippen LogP contribution is 2.35. The number of hydrogen-bond acceptors (Lipinski definition) is 6. The Kier molecular flexibility index (Phi) is 8.99. The van der Waals surface area contributed by atoms with Gasteiger partial charge in [0.2, 0.25) is 10.0 Å². The summed E-state index contributed by atoms with van der Waals surface area (Å²) < 4.78 is 35.1. The van der Waals surface area contributed by atoms with E-state index < -0.39 is 21.5 Å². The fourth-order valence-corrected chi connectivity index (χ4v) is 6.72. The lowest BCUT2D eigenvalue weighted by molar-refractivity contribution is -0.146. The minimum absolute atomic E-state index is 0. The van der Waals surface area contributed by atoms with Gasteiger partial charge in [-0.3, -0.25) is 4.79 Å². The molecule has 0 saturated carbocycles. The molecule has 0 atom stereocenters. The summed E-state index contributed by atoms with van der Waals surface area (Å²) in [6, 6.07) is 10.2. The number of carboxylic acids is 1. The first-order valence-electron chi connectivity index (χ1n) is 11.4. The van der Waals surface area contributed by atoms with E-state index in [2.05, 4.69) is 9.71 Å². The summed E-state index contributed by atoms with van der Waals surface area (Å²) >= 11 is 12.9. The lowest BCUT2D eigenvalue weighted by atomic mass is 9.89. The standard InChI is InChI=1S/C25H27Cl2N3O5S.ClH/c1-15-13-16(2)28-23-17(15)5-4-6-20(23)35-14-18-19(26)7-8-21(22(18)27)36(33,34)29-25(24(31)32)9-11-30(3)12-10-25;/h4-8,13,29H,9-12,14H2,1-3H3,(H,31,32);1H. The van der Waals surface area contributed by atoms with Gasteiger partial charge in [0.15, 0.2) is 0 Å². The number of para-hydroxylation sites is 1. The second kappa shape index (κ2) is 11.3. The maximum Gasteiger partial charge on any atom is 0.324 e. The van der Waals surface area contributed by atoms with Crippen molar-refractivity contribution in [2.75, 3.05) is 20.1 Å². The number of likely N-dealkylation sites (tertiary alicyclic amines) is 1. The number of benzene rings is 2. The van der Waals surface area contributed by atoms with E-state index in [1.807, 2.05) is 44.0 Å². The Labute approximate surface area is 232 Å². The van der Waals surface area contributed by atoms with Gasteiger partial charge in [0.25, 0.3) is 0 Å². The van der Waals surface area contributed by atoms with Gasteiger partial charge in [-0.05, 0) is 63.6 Å². The van der Waals surface area contributed by atoms with E-state index in [0.29, 0.717) is 24.4 Å². The molecular weight excluding hydrogens is 561 g/mol. The number of ether oxygens (including phenoxy) is 1. The number of fused-ring (bicyclic) bond motifs is 1. The highest BCUT2D eigenvalue weighted by molar-refractivity contribution is 7.89. The molecule has 1 aliphatic heterocycles. The van der Waals surface area contributed by atoms with Gasteiger partial charge in [-0.15, -0.1) is 12.4 Å². The molecule has 8 nitrogen and oxygen atoms in total. The summed E-state index contributed by atoms with van der Waals surface area (Å²) in [5.74, 6) is -0.712. The molecule has 2 aromatic carbocycles. The van der Waals surface area contributed by atoms with Crippen LogP contribution in [0.25, 0.3) is 10.9 Å². The summed E-state index contributed by atoms with van der Waals surface area (Å²) in [5.41, 5.74) is 1.23. The number of sulfonamides is 1. The zero-order valence-electron chi connectivity index (χ0n) is 20.5. The molecule has 1 aromatic heterocycles. The van der Waals surface area contributed by atoms with Crippen molar-refractivity contribution in [1.29, 1.82) is 0 Å². The lowest BCUT2D eigenvalue weighted by Gasteiger charge is -2.37. The number of carboxylic acid groups (broad SMARTS) is 1. The molecule has 4 rings (SSSR count). The largest absolute Gasteiger partial charge is 0.487 e. The van der Waals surface area contributed by atoms with Crippen LogP contribution in [0, 0.1) is 13.8 Å². The Morgan fingerprint density at radius 2 is 1.86 bits per heavy atom. The third kappa shape index (κ3) is 5.97. The average Bonchev–Trinajstić information content (AvgIpc) is 2.80. The lowest BCUT2D eigenvalue weighted by Crippen LogP contribution is -2.59. The van der Waals surface area contributed by atoms with Crippen molar-refractivity contribution in [3.05, 3.63) is 63.3 Å². The fourth-order valence-electron chi connectivity index (χ4n) is 4.41. The normalized spacial score (nSPS) is 15.8. The van der Waals surface area contributed by atoms with Crippen LogP contribution in [0.3, 0.4) is 0 Å². The molecule has 1 aliphatic rings. The van der Waals surface area contributed by atoms with Crippen molar-refractivity contribution in [2.24, 2.45) is 0 Å². The molecule has 37 heavy (non-hydrogen) atoms. The predicted octanol–water partition coefficient (Wildman–Crippen LogP) is 4.99. The third-order valence-corrected chi connectivity index (χ3v) is 9.01. The van der Waals surface area contributed by atoms with Crippen LogP contribution >= 0.6 is 35.6 Å². The van der Waals surface area contributed by atoms with Crippen molar-refractivity contribution in [3.8, 4) is 5.75 Å². The van der Waals surface area contributed by atoms with Crippen LogP contribution in [0.2, 0.25) is 10.0 Å². The summed E-state index contributed by atoms with van der Waals surface area (Å²) in [7, 11) is -2.43. The molecule has 200 valence electrons. The first kappa shape index (κ1) is 29.4. The van der Waals surface area contributed by atoms with Crippen LogP contribution in [0.1, 0.15) is 29.7 Å². The van der Waals surface area contributed by atoms with E-state index in [9.17, 15) is 18.3 Å². The Morgan fingerprint density at radius 3 is 2.51 bits per heavy atom. The molecular formula is C25H28Cl3N3O5S. The van der Waals surface area contributed by atoms with Crippen molar-refractivity contribution in [2.45, 2.75) is 43.7 Å². The summed E-state index contributed by atoms with van der Waals surface area (Å²) in [4.78, 5) is 18.4. The molecule has 0 radical (unpaired) electrons. The number of aryl methyl sites for hydroxylation is 2. The van der Waals surface area contributed by atoms with Crippen LogP contribution in [0.4, 0.5) is 0 Å². The number of piperidine rings is 1. The van der Waals surface area contributed by atoms with Crippen molar-refractivity contribution in [1.82, 2.24) is 14.6 Å². The van der Waals surface area contributed by atoms with E-state index in [4.69, 9.17) is 27.9 Å². The minimum atomic E-state index is -4.29. The minimum Gasteiger partial charge on any atom is -0.487 e. The zero-order valence-corrected chi connectivity index (χ0v) is 23.7. The van der Waals surface area contributed by atoms with E-state index in [0.717, 1.165) is 16.6 Å². The molecule has 2 N–H and O–H groups in total. The number of rotatable bonds is 7. The van der Waals surface area contributed by atoms with Crippen LogP contribution in [0.15, 0.2) is 41.3 Å². The van der Waals surface area contributed by atoms with Crippen molar-refractivity contribution in [3.63, 3.8) is 0 Å². The van der Waals surface area contributed by atoms with Gasteiger partial charge in [0, 0.05) is 34.8 Å². The Morgan fingerprint density at radius 1 is 1.19 bits per heavy atom. The van der Waals surface area contributed by atoms with E-state index in [-0.39, 0.29) is 52.4 Å². The Balaban J connectivity index is 0.00000380. The highest BCUT2D eigenvalue weighted by atomic mass is 35.5. The van der Waals surface area contributed by atoms with Gasteiger partial charge in [-0.2, -0.15) is 4.72 Å². The smallest absolute Gasteiger partial charge is 0.324 e. The second-order valence-electron chi connectivity index (χ2n) is 9.16. The van der Waals surface area contributed by atoms with Crippen LogP contribution in [-0.4, -0.2) is 55.1 Å². The summed E-state index contributed by atoms with van der Waals surface area (Å²) in [6.07, 6.45) is 0.262. The van der Waals surface area contributed by atoms with E-state index >= 15 is 0 Å². The maximum absolute atomic E-state index is 13.3. The third-order valence-electron chi connectivity index (χ3n) is 6.53. The number of nitrogens with one attached hydrogen (secondary N) is 1. The Hall–Kier alpha value is -2.14. The molecule has 0 aliphatic carbocycles. The number of pyridine rings is 1. The predicted molar refractivity (Wildman–Crippen MR) is 147 cm³/mol. The van der Waals surface area contributed by atoms with Crippen LogP contribution in [0.5, 0.6) is 5.75 Å². The molecule has 1 saturated heterocycles. The summed E-state index contributed by atoms with van der Waals surface area (Å²) in [6.45, 7) is 4.67. The number of halogens is 3. The molecule has 0 bridgehead atoms. The Bertz CT molecular complexity index is 1440. The van der Waals surface area contributed by atoms with Crippen molar-refractivity contribution < 1.29 is 23.1 Å². The van der Waals surface area contributed by atoms with Gasteiger partial charge >= 0.3 is 5.97 Å². The number of aromatic nitrogens is 1. The molecule has 0 amide bonds. The number of aliphatic carboxylic acids is 1. The summed E-state index contributed by atoms with van der Waals surface area (Å²) in [5, 5.41) is 10.9. The second-order valence-corrected chi connectivity index (χ2v) is 11.6. The molecule has 2 heterocycles.